The van der Waals surface area contributed by atoms with Gasteiger partial charge >= 0.3 is 0 Å². The summed E-state index contributed by atoms with van der Waals surface area (Å²) in [7, 11) is 0. The van der Waals surface area contributed by atoms with Gasteiger partial charge in [-0.2, -0.15) is 0 Å². The molecule has 1 aliphatic carbocycles. The molecule has 0 radical (unpaired) electrons. The van der Waals surface area contributed by atoms with E-state index < -0.39 is 11.6 Å². The number of carbonyl (C=O) groups excluding carboxylic acids is 2. The fraction of sp³-hybridized carbons (Fsp3) is 0. The lowest BCUT2D eigenvalue weighted by molar-refractivity contribution is -0.115. The monoisotopic (exact) mass is 173 g/mol. The Kier molecular flexibility index (Phi) is 2.07. The fourth-order valence-electron chi connectivity index (χ4n) is 0.623. The Labute approximate surface area is 67.1 Å². The standard InChI is InChI=1S/C6H4ClNO3/c7-3-1-6(10)4(8-11)2-5(3)9/h1-2,8,11H. The van der Waals surface area contributed by atoms with Gasteiger partial charge in [-0.1, -0.05) is 11.6 Å². The summed E-state index contributed by atoms with van der Waals surface area (Å²) < 4.78 is 0. The highest BCUT2D eigenvalue weighted by Crippen LogP contribution is 2.12. The molecule has 0 aromatic carbocycles. The molecule has 0 atom stereocenters. The van der Waals surface area contributed by atoms with E-state index in [0.29, 0.717) is 0 Å². The summed E-state index contributed by atoms with van der Waals surface area (Å²) in [6.45, 7) is 0. The molecule has 1 rings (SSSR count). The summed E-state index contributed by atoms with van der Waals surface area (Å²) in [5, 5.41) is 8.16. The van der Waals surface area contributed by atoms with Gasteiger partial charge in [0.05, 0.1) is 5.03 Å². The molecule has 2 N–H and O–H groups in total. The highest BCUT2D eigenvalue weighted by Gasteiger charge is 2.17. The number of ketones is 2. The van der Waals surface area contributed by atoms with E-state index in [1.165, 1.54) is 0 Å². The van der Waals surface area contributed by atoms with Crippen molar-refractivity contribution >= 4 is 23.2 Å². The molecule has 0 aromatic heterocycles. The van der Waals surface area contributed by atoms with E-state index in [1.54, 1.807) is 5.48 Å². The summed E-state index contributed by atoms with van der Waals surface area (Å²) in [4.78, 5) is 21.5. The zero-order chi connectivity index (χ0) is 8.43. The summed E-state index contributed by atoms with van der Waals surface area (Å²) in [5.41, 5.74) is 1.42. The topological polar surface area (TPSA) is 66.4 Å². The van der Waals surface area contributed by atoms with E-state index >= 15 is 0 Å². The smallest absolute Gasteiger partial charge is 0.205 e. The van der Waals surface area contributed by atoms with E-state index in [1.807, 2.05) is 0 Å². The van der Waals surface area contributed by atoms with Gasteiger partial charge < -0.3 is 0 Å². The molecule has 0 unspecified atom stereocenters. The molecule has 1 aliphatic rings. The van der Waals surface area contributed by atoms with Crippen molar-refractivity contribution in [3.63, 3.8) is 0 Å². The van der Waals surface area contributed by atoms with E-state index in [2.05, 4.69) is 0 Å². The van der Waals surface area contributed by atoms with Crippen molar-refractivity contribution in [1.82, 2.24) is 5.48 Å². The summed E-state index contributed by atoms with van der Waals surface area (Å²) in [5.74, 6) is -1.01. The molecule has 0 bridgehead atoms. The molecule has 0 spiro atoms. The van der Waals surface area contributed by atoms with E-state index in [-0.39, 0.29) is 10.7 Å². The number of carbonyl (C=O) groups is 2. The van der Waals surface area contributed by atoms with E-state index in [9.17, 15) is 9.59 Å². The summed E-state index contributed by atoms with van der Waals surface area (Å²) in [6.07, 6.45) is 1.88. The van der Waals surface area contributed by atoms with Gasteiger partial charge in [0.1, 0.15) is 5.70 Å². The van der Waals surface area contributed by atoms with E-state index in [0.717, 1.165) is 12.2 Å². The van der Waals surface area contributed by atoms with Crippen LogP contribution in [0, 0.1) is 0 Å². The highest BCUT2D eigenvalue weighted by atomic mass is 35.5. The normalized spacial score (nSPS) is 17.6. The van der Waals surface area contributed by atoms with Crippen LogP contribution < -0.4 is 5.48 Å². The summed E-state index contributed by atoms with van der Waals surface area (Å²) in [6, 6.07) is 0. The van der Waals surface area contributed by atoms with Crippen LogP contribution in [0.5, 0.6) is 0 Å². The maximum Gasteiger partial charge on any atom is 0.205 e. The largest absolute Gasteiger partial charge is 0.291 e. The Bertz CT molecular complexity index is 280. The van der Waals surface area contributed by atoms with Gasteiger partial charge in [0.15, 0.2) is 5.78 Å². The van der Waals surface area contributed by atoms with Crippen molar-refractivity contribution in [1.29, 1.82) is 0 Å². The minimum atomic E-state index is -0.517. The van der Waals surface area contributed by atoms with Gasteiger partial charge in [-0.15, -0.1) is 0 Å². The molecule has 5 heteroatoms. The van der Waals surface area contributed by atoms with Crippen molar-refractivity contribution in [3.05, 3.63) is 22.9 Å². The number of allylic oxidation sites excluding steroid dienone is 3. The summed E-state index contributed by atoms with van der Waals surface area (Å²) >= 11 is 5.32. The van der Waals surface area contributed by atoms with Crippen molar-refractivity contribution in [2.75, 3.05) is 0 Å². The molecule has 11 heavy (non-hydrogen) atoms. The maximum atomic E-state index is 10.8. The maximum absolute atomic E-state index is 10.8. The van der Waals surface area contributed by atoms with Crippen molar-refractivity contribution in [3.8, 4) is 0 Å². The quantitative estimate of drug-likeness (QED) is 0.437. The van der Waals surface area contributed by atoms with Crippen LogP contribution in [0.4, 0.5) is 0 Å². The van der Waals surface area contributed by atoms with Crippen LogP contribution in [-0.4, -0.2) is 16.8 Å². The molecule has 0 aliphatic heterocycles. The minimum Gasteiger partial charge on any atom is -0.291 e. The highest BCUT2D eigenvalue weighted by molar-refractivity contribution is 6.47. The molecule has 4 nitrogen and oxygen atoms in total. The average Bonchev–Trinajstić information content (AvgIpc) is 1.97. The lowest BCUT2D eigenvalue weighted by Crippen LogP contribution is -2.20. The van der Waals surface area contributed by atoms with Crippen LogP contribution in [0.15, 0.2) is 22.9 Å². The zero-order valence-electron chi connectivity index (χ0n) is 5.30. The van der Waals surface area contributed by atoms with Gasteiger partial charge in [-0.05, 0) is 0 Å². The number of hydrogen-bond acceptors (Lipinski definition) is 4. The Morgan fingerprint density at radius 1 is 1.27 bits per heavy atom. The van der Waals surface area contributed by atoms with Crippen LogP contribution >= 0.6 is 11.6 Å². The van der Waals surface area contributed by atoms with Crippen molar-refractivity contribution < 1.29 is 14.8 Å². The second-order valence-corrected chi connectivity index (χ2v) is 2.30. The molecule has 0 fully saturated rings. The number of halogens is 1. The molecule has 0 amide bonds. The van der Waals surface area contributed by atoms with Crippen LogP contribution in [0.3, 0.4) is 0 Å². The predicted molar refractivity (Wildman–Crippen MR) is 37.0 cm³/mol. The molecule has 0 heterocycles. The second-order valence-electron chi connectivity index (χ2n) is 1.89. The third kappa shape index (κ3) is 1.47. The van der Waals surface area contributed by atoms with Gasteiger partial charge in [-0.3, -0.25) is 20.3 Å². The molecule has 0 saturated heterocycles. The molecule has 0 aromatic rings. The molecule has 0 saturated carbocycles. The first kappa shape index (κ1) is 7.97. The second kappa shape index (κ2) is 2.86. The first-order valence-electron chi connectivity index (χ1n) is 2.73. The van der Waals surface area contributed by atoms with Gasteiger partial charge in [0.2, 0.25) is 5.78 Å². The van der Waals surface area contributed by atoms with Crippen LogP contribution in [0.25, 0.3) is 0 Å². The SMILES string of the molecule is O=C1C=C(NO)C(=O)C=C1Cl. The van der Waals surface area contributed by atoms with Gasteiger partial charge in [0, 0.05) is 12.2 Å². The Hall–Kier alpha value is -1.13. The number of hydrogen-bond donors (Lipinski definition) is 2. The average molecular weight is 174 g/mol. The lowest BCUT2D eigenvalue weighted by atomic mass is 10.1. The van der Waals surface area contributed by atoms with Gasteiger partial charge in [0.25, 0.3) is 0 Å². The number of nitrogens with one attached hydrogen (secondary N) is 1. The zero-order valence-corrected chi connectivity index (χ0v) is 6.05. The minimum absolute atomic E-state index is 0.144. The Balaban J connectivity index is 2.98. The van der Waals surface area contributed by atoms with Crippen molar-refractivity contribution in [2.24, 2.45) is 0 Å². The van der Waals surface area contributed by atoms with Crippen LogP contribution in [0.2, 0.25) is 0 Å². The third-order valence-electron chi connectivity index (χ3n) is 1.15. The first-order chi connectivity index (χ1) is 5.15. The number of rotatable bonds is 1. The Morgan fingerprint density at radius 2 is 1.91 bits per heavy atom. The fourth-order valence-corrected chi connectivity index (χ4v) is 0.776. The third-order valence-corrected chi connectivity index (χ3v) is 1.45. The molecular formula is C6H4ClNO3. The molecular weight excluding hydrogens is 170 g/mol. The van der Waals surface area contributed by atoms with Crippen molar-refractivity contribution in [2.45, 2.75) is 0 Å². The van der Waals surface area contributed by atoms with Gasteiger partial charge in [-0.25, -0.2) is 0 Å². The lowest BCUT2D eigenvalue weighted by Gasteiger charge is -2.05. The number of hydroxylamine groups is 1. The van der Waals surface area contributed by atoms with Crippen LogP contribution in [0.1, 0.15) is 0 Å². The van der Waals surface area contributed by atoms with Crippen LogP contribution in [-0.2, 0) is 9.59 Å². The molecule has 58 valence electrons. The Morgan fingerprint density at radius 3 is 2.45 bits per heavy atom. The predicted octanol–water partition coefficient (Wildman–Crippen LogP) is 0.124. The first-order valence-corrected chi connectivity index (χ1v) is 3.10. The van der Waals surface area contributed by atoms with E-state index in [4.69, 9.17) is 16.8 Å².